The van der Waals surface area contributed by atoms with Crippen LogP contribution < -0.4 is 5.32 Å². The van der Waals surface area contributed by atoms with Crippen molar-refractivity contribution in [3.8, 4) is 0 Å². The van der Waals surface area contributed by atoms with E-state index in [1.807, 2.05) is 19.0 Å². The molecule has 0 radical (unpaired) electrons. The zero-order valence-electron chi connectivity index (χ0n) is 22.8. The lowest BCUT2D eigenvalue weighted by Gasteiger charge is -2.41. The van der Waals surface area contributed by atoms with Gasteiger partial charge in [-0.1, -0.05) is 17.3 Å². The van der Waals surface area contributed by atoms with Crippen molar-refractivity contribution in [1.82, 2.24) is 30.5 Å². The number of benzene rings is 2. The maximum absolute atomic E-state index is 13.7. The van der Waals surface area contributed by atoms with E-state index < -0.39 is 48.0 Å². The van der Waals surface area contributed by atoms with Crippen molar-refractivity contribution in [2.75, 3.05) is 27.2 Å². The predicted octanol–water partition coefficient (Wildman–Crippen LogP) is 5.15. The first kappa shape index (κ1) is 36.2. The standard InChI is InChI=1S/C26H27F7N6O2.2ClH/c1-38(2)10-20-21(36-37-35-20)11-39-12-23(40)34-22(24(39)16-3-5-19(27)6-4-16)14-41-13-15-7-17(25(28,29)30)9-18(8-15)26(31,32)33;;/h3-9,22,24H,10-14H2,1-2H3,(H,34,40)(H,35,36,37);2*1H/t22-,24+;;/m1../s1. The number of carbonyl (C=O) groups excluding carboxylic acids is 1. The van der Waals surface area contributed by atoms with E-state index >= 15 is 0 Å². The summed E-state index contributed by atoms with van der Waals surface area (Å²) < 4.78 is 98.8. The average molecular weight is 661 g/mol. The molecular formula is C26H29Cl2F7N6O2. The van der Waals surface area contributed by atoms with E-state index in [9.17, 15) is 35.5 Å². The van der Waals surface area contributed by atoms with Crippen LogP contribution in [0.1, 0.15) is 39.7 Å². The van der Waals surface area contributed by atoms with Crippen LogP contribution in [0.3, 0.4) is 0 Å². The van der Waals surface area contributed by atoms with Crippen LogP contribution in [0.5, 0.6) is 0 Å². The van der Waals surface area contributed by atoms with Crippen LogP contribution in [0.2, 0.25) is 0 Å². The Morgan fingerprint density at radius 1 is 1.00 bits per heavy atom. The molecule has 4 rings (SSSR count). The molecule has 3 aromatic rings. The summed E-state index contributed by atoms with van der Waals surface area (Å²) in [4.78, 5) is 16.4. The molecular weight excluding hydrogens is 632 g/mol. The second-order valence-electron chi connectivity index (χ2n) is 9.98. The highest BCUT2D eigenvalue weighted by molar-refractivity contribution is 5.85. The number of hydrogen-bond donors (Lipinski definition) is 2. The summed E-state index contributed by atoms with van der Waals surface area (Å²) in [6.07, 6.45) is -9.98. The lowest BCUT2D eigenvalue weighted by atomic mass is 9.95. The van der Waals surface area contributed by atoms with Gasteiger partial charge in [-0.05, 0) is 55.6 Å². The summed E-state index contributed by atoms with van der Waals surface area (Å²) in [5.41, 5.74) is -1.33. The van der Waals surface area contributed by atoms with Gasteiger partial charge in [-0.25, -0.2) is 4.39 Å². The number of alkyl halides is 6. The molecule has 2 N–H and O–H groups in total. The number of piperazine rings is 1. The van der Waals surface area contributed by atoms with Crippen molar-refractivity contribution in [3.05, 3.63) is 81.9 Å². The first-order chi connectivity index (χ1) is 19.2. The van der Waals surface area contributed by atoms with E-state index in [0.717, 1.165) is 5.69 Å². The molecule has 43 heavy (non-hydrogen) atoms. The molecule has 2 atom stereocenters. The van der Waals surface area contributed by atoms with Gasteiger partial charge in [0.05, 0.1) is 48.7 Å². The average Bonchev–Trinajstić information content (AvgIpc) is 3.29. The van der Waals surface area contributed by atoms with E-state index in [4.69, 9.17) is 4.74 Å². The highest BCUT2D eigenvalue weighted by Gasteiger charge is 2.38. The molecule has 17 heteroatoms. The fourth-order valence-electron chi connectivity index (χ4n) is 4.70. The maximum atomic E-state index is 13.7. The third-order valence-corrected chi connectivity index (χ3v) is 6.42. The Hall–Kier alpha value is -2.98. The number of amides is 1. The van der Waals surface area contributed by atoms with Gasteiger partial charge in [0.15, 0.2) is 0 Å². The Labute approximate surface area is 254 Å². The zero-order chi connectivity index (χ0) is 29.9. The number of rotatable bonds is 9. The summed E-state index contributed by atoms with van der Waals surface area (Å²) in [6.45, 7) is -0.229. The Balaban J connectivity index is 0.00000323. The van der Waals surface area contributed by atoms with Gasteiger partial charge < -0.3 is 15.0 Å². The molecule has 1 aliphatic rings. The Morgan fingerprint density at radius 2 is 1.60 bits per heavy atom. The number of aromatic amines is 1. The third-order valence-electron chi connectivity index (χ3n) is 6.42. The van der Waals surface area contributed by atoms with Crippen molar-refractivity contribution in [3.63, 3.8) is 0 Å². The van der Waals surface area contributed by atoms with E-state index in [1.54, 1.807) is 4.90 Å². The minimum atomic E-state index is -4.99. The molecule has 1 aliphatic heterocycles. The molecule has 0 bridgehead atoms. The lowest BCUT2D eigenvalue weighted by Crippen LogP contribution is -2.57. The quantitative estimate of drug-likeness (QED) is 0.309. The first-order valence-electron chi connectivity index (χ1n) is 12.4. The van der Waals surface area contributed by atoms with E-state index in [2.05, 4.69) is 20.7 Å². The van der Waals surface area contributed by atoms with Crippen molar-refractivity contribution in [1.29, 1.82) is 0 Å². The molecule has 1 aromatic heterocycles. The Bertz CT molecular complexity index is 1320. The second-order valence-corrected chi connectivity index (χ2v) is 9.98. The number of carbonyl (C=O) groups is 1. The molecule has 0 unspecified atom stereocenters. The van der Waals surface area contributed by atoms with Gasteiger partial charge in [-0.2, -0.15) is 26.3 Å². The summed E-state index contributed by atoms with van der Waals surface area (Å²) in [7, 11) is 3.71. The molecule has 0 aliphatic carbocycles. The SMILES string of the molecule is CN(C)Cc1[nH]nnc1CN1CC(=O)N[C@H](COCc2cc(C(F)(F)F)cc(C(F)(F)F)c2)[C@@H]1c1ccc(F)cc1.Cl.Cl. The van der Waals surface area contributed by atoms with Crippen molar-refractivity contribution >= 4 is 30.7 Å². The molecule has 8 nitrogen and oxygen atoms in total. The third kappa shape index (κ3) is 9.50. The number of aromatic nitrogens is 3. The number of nitrogens with zero attached hydrogens (tertiary/aromatic N) is 4. The summed E-state index contributed by atoms with van der Waals surface area (Å²) in [6, 6.07) is 5.41. The number of H-pyrrole nitrogens is 1. The van der Waals surface area contributed by atoms with Gasteiger partial charge in [0.1, 0.15) is 11.5 Å². The van der Waals surface area contributed by atoms with Crippen LogP contribution in [0.25, 0.3) is 0 Å². The van der Waals surface area contributed by atoms with Crippen molar-refractivity contribution < 1.29 is 40.3 Å². The van der Waals surface area contributed by atoms with Gasteiger partial charge in [-0.3, -0.25) is 14.8 Å². The van der Waals surface area contributed by atoms with Crippen LogP contribution in [0, 0.1) is 5.82 Å². The van der Waals surface area contributed by atoms with Gasteiger partial charge in [0.2, 0.25) is 5.91 Å². The highest BCUT2D eigenvalue weighted by Crippen LogP contribution is 2.37. The van der Waals surface area contributed by atoms with Crippen molar-refractivity contribution in [2.45, 2.75) is 44.1 Å². The van der Waals surface area contributed by atoms with Gasteiger partial charge in [0, 0.05) is 13.1 Å². The number of nitrogens with one attached hydrogen (secondary N) is 2. The maximum Gasteiger partial charge on any atom is 0.416 e. The molecule has 1 saturated heterocycles. The van der Waals surface area contributed by atoms with Gasteiger partial charge in [-0.15, -0.1) is 29.9 Å². The van der Waals surface area contributed by atoms with Crippen LogP contribution in [-0.2, 0) is 41.6 Å². The summed E-state index contributed by atoms with van der Waals surface area (Å²) in [5, 5.41) is 13.6. The molecule has 0 spiro atoms. The van der Waals surface area contributed by atoms with E-state index in [0.29, 0.717) is 29.9 Å². The highest BCUT2D eigenvalue weighted by atomic mass is 35.5. The molecule has 0 saturated carbocycles. The minimum absolute atomic E-state index is 0. The number of hydrogen-bond acceptors (Lipinski definition) is 6. The smallest absolute Gasteiger partial charge is 0.375 e. The van der Waals surface area contributed by atoms with Gasteiger partial charge >= 0.3 is 12.4 Å². The Kier molecular flexibility index (Phi) is 12.3. The molecule has 1 fully saturated rings. The molecule has 238 valence electrons. The van der Waals surface area contributed by atoms with Crippen LogP contribution in [-0.4, -0.2) is 64.4 Å². The Morgan fingerprint density at radius 3 is 2.16 bits per heavy atom. The fraction of sp³-hybridized carbons (Fsp3) is 0.423. The number of ether oxygens (including phenoxy) is 1. The zero-order valence-corrected chi connectivity index (χ0v) is 24.4. The van der Waals surface area contributed by atoms with Gasteiger partial charge in [0.25, 0.3) is 0 Å². The monoisotopic (exact) mass is 660 g/mol. The van der Waals surface area contributed by atoms with E-state index in [1.165, 1.54) is 24.3 Å². The summed E-state index contributed by atoms with van der Waals surface area (Å²) in [5.74, 6) is -0.865. The van der Waals surface area contributed by atoms with Crippen molar-refractivity contribution in [2.24, 2.45) is 0 Å². The fourth-order valence-corrected chi connectivity index (χ4v) is 4.70. The largest absolute Gasteiger partial charge is 0.416 e. The predicted molar refractivity (Wildman–Crippen MR) is 146 cm³/mol. The van der Waals surface area contributed by atoms with E-state index in [-0.39, 0.29) is 62.0 Å². The molecule has 2 aromatic carbocycles. The van der Waals surface area contributed by atoms with Crippen LogP contribution in [0.4, 0.5) is 30.7 Å². The number of halogens is 9. The topological polar surface area (TPSA) is 86.4 Å². The first-order valence-corrected chi connectivity index (χ1v) is 12.4. The van der Waals surface area contributed by atoms with Crippen LogP contribution in [0.15, 0.2) is 42.5 Å². The molecule has 2 heterocycles. The summed E-state index contributed by atoms with van der Waals surface area (Å²) >= 11 is 0. The second kappa shape index (κ2) is 14.7. The van der Waals surface area contributed by atoms with Crippen LogP contribution >= 0.6 is 24.8 Å². The molecule has 1 amide bonds. The normalized spacial score (nSPS) is 17.8. The lowest BCUT2D eigenvalue weighted by molar-refractivity contribution is -0.143. The minimum Gasteiger partial charge on any atom is -0.375 e.